The zero-order valence-corrected chi connectivity index (χ0v) is 21.3. The molecule has 1 atom stereocenters. The average molecular weight is 498 g/mol. The molecule has 1 aromatic heterocycles. The van der Waals surface area contributed by atoms with Gasteiger partial charge in [-0.15, -0.1) is 0 Å². The quantitative estimate of drug-likeness (QED) is 0.452. The van der Waals surface area contributed by atoms with Crippen LogP contribution in [0.4, 0.5) is 5.69 Å². The maximum atomic E-state index is 13.8. The predicted molar refractivity (Wildman–Crippen MR) is 138 cm³/mol. The molecule has 1 aliphatic heterocycles. The molecule has 0 spiro atoms. The van der Waals surface area contributed by atoms with E-state index in [0.29, 0.717) is 43.4 Å². The minimum Gasteiger partial charge on any atom is -0.497 e. The molecule has 186 valence electrons. The van der Waals surface area contributed by atoms with E-state index >= 15 is 0 Å². The van der Waals surface area contributed by atoms with Crippen molar-refractivity contribution in [2.75, 3.05) is 44.6 Å². The second kappa shape index (κ2) is 11.0. The molecule has 0 aliphatic carbocycles. The van der Waals surface area contributed by atoms with Gasteiger partial charge in [0.25, 0.3) is 0 Å². The van der Waals surface area contributed by atoms with Crippen molar-refractivity contribution in [1.29, 1.82) is 0 Å². The van der Waals surface area contributed by atoms with E-state index in [2.05, 4.69) is 9.88 Å². The fourth-order valence-corrected chi connectivity index (χ4v) is 5.51. The molecule has 0 bridgehead atoms. The number of hydrogen-bond acceptors (Lipinski definition) is 6. The lowest BCUT2D eigenvalue weighted by Crippen LogP contribution is -2.44. The summed E-state index contributed by atoms with van der Waals surface area (Å²) in [5.41, 5.74) is 2.31. The van der Waals surface area contributed by atoms with Gasteiger partial charge in [0.1, 0.15) is 17.5 Å². The molecule has 8 nitrogen and oxygen atoms in total. The molecule has 4 rings (SSSR count). The van der Waals surface area contributed by atoms with E-state index in [1.807, 2.05) is 38.2 Å². The number of amides is 2. The highest BCUT2D eigenvalue weighted by Gasteiger charge is 2.40. The normalized spacial score (nSPS) is 15.6. The third-order valence-corrected chi connectivity index (χ3v) is 7.24. The molecule has 2 aromatic carbocycles. The van der Waals surface area contributed by atoms with Crippen LogP contribution >= 0.6 is 11.8 Å². The average Bonchev–Trinajstić information content (AvgIpc) is 3.05. The summed E-state index contributed by atoms with van der Waals surface area (Å²) in [6.45, 7) is 3.57. The monoisotopic (exact) mass is 497 g/mol. The minimum absolute atomic E-state index is 0.184. The first-order valence-corrected chi connectivity index (χ1v) is 12.6. The molecule has 0 radical (unpaired) electrons. The zero-order chi connectivity index (χ0) is 24.9. The van der Waals surface area contributed by atoms with Crippen molar-refractivity contribution in [3.63, 3.8) is 0 Å². The Morgan fingerprint density at radius 2 is 1.97 bits per heavy atom. The van der Waals surface area contributed by atoms with Gasteiger partial charge in [0.2, 0.25) is 11.8 Å². The van der Waals surface area contributed by atoms with Crippen molar-refractivity contribution in [3.05, 3.63) is 48.0 Å². The first-order chi connectivity index (χ1) is 17.0. The van der Waals surface area contributed by atoms with Crippen molar-refractivity contribution in [1.82, 2.24) is 9.88 Å². The minimum atomic E-state index is -0.883. The summed E-state index contributed by atoms with van der Waals surface area (Å²) in [6, 6.07) is 12.3. The van der Waals surface area contributed by atoms with E-state index in [1.165, 1.54) is 11.8 Å². The van der Waals surface area contributed by atoms with Gasteiger partial charge in [-0.05, 0) is 31.5 Å². The highest BCUT2D eigenvalue weighted by Crippen LogP contribution is 2.45. The SMILES string of the molecule is CCOCCCNC(=O)[C@@H]1c2c(n(C)c3ccccc23)SCC(=O)N1c1cc(OC)ccc1OC. The Bertz CT molecular complexity index is 1230. The van der Waals surface area contributed by atoms with Crippen LogP contribution in [0, 0.1) is 0 Å². The van der Waals surface area contributed by atoms with Crippen LogP contribution in [-0.4, -0.2) is 56.1 Å². The van der Waals surface area contributed by atoms with E-state index in [4.69, 9.17) is 14.2 Å². The molecule has 35 heavy (non-hydrogen) atoms. The number of nitrogens with zero attached hydrogens (tertiary/aromatic N) is 2. The summed E-state index contributed by atoms with van der Waals surface area (Å²) in [7, 11) is 5.09. The summed E-state index contributed by atoms with van der Waals surface area (Å²) >= 11 is 1.45. The van der Waals surface area contributed by atoms with E-state index in [-0.39, 0.29) is 17.6 Å². The Morgan fingerprint density at radius 3 is 2.71 bits per heavy atom. The van der Waals surface area contributed by atoms with Gasteiger partial charge in [-0.2, -0.15) is 0 Å². The molecule has 2 heterocycles. The van der Waals surface area contributed by atoms with Crippen LogP contribution in [0.5, 0.6) is 11.5 Å². The number of carbonyl (C=O) groups excluding carboxylic acids is 2. The number of nitrogens with one attached hydrogen (secondary N) is 1. The van der Waals surface area contributed by atoms with E-state index < -0.39 is 6.04 Å². The number of anilines is 1. The summed E-state index contributed by atoms with van der Waals surface area (Å²) in [5.74, 6) is 0.809. The van der Waals surface area contributed by atoms with Crippen molar-refractivity contribution in [3.8, 4) is 11.5 Å². The molecule has 0 saturated carbocycles. The van der Waals surface area contributed by atoms with Gasteiger partial charge < -0.3 is 24.1 Å². The second-order valence-electron chi connectivity index (χ2n) is 8.13. The number of aromatic nitrogens is 1. The third-order valence-electron chi connectivity index (χ3n) is 6.09. The number of rotatable bonds is 9. The Hall–Kier alpha value is -3.17. The van der Waals surface area contributed by atoms with E-state index in [1.54, 1.807) is 37.3 Å². The number of carbonyl (C=O) groups is 2. The number of aryl methyl sites for hydroxylation is 1. The number of para-hydroxylation sites is 1. The topological polar surface area (TPSA) is 82.0 Å². The van der Waals surface area contributed by atoms with Crippen LogP contribution in [0.2, 0.25) is 0 Å². The zero-order valence-electron chi connectivity index (χ0n) is 20.5. The summed E-state index contributed by atoms with van der Waals surface area (Å²) in [4.78, 5) is 29.0. The number of methoxy groups -OCH3 is 2. The maximum Gasteiger partial charge on any atom is 0.247 e. The number of ether oxygens (including phenoxy) is 3. The lowest BCUT2D eigenvalue weighted by molar-refractivity contribution is -0.125. The molecular weight excluding hydrogens is 466 g/mol. The van der Waals surface area contributed by atoms with Gasteiger partial charge in [-0.3, -0.25) is 14.5 Å². The first-order valence-electron chi connectivity index (χ1n) is 11.6. The first kappa shape index (κ1) is 24.9. The highest BCUT2D eigenvalue weighted by molar-refractivity contribution is 8.00. The molecule has 0 fully saturated rings. The number of thioether (sulfide) groups is 1. The highest BCUT2D eigenvalue weighted by atomic mass is 32.2. The van der Waals surface area contributed by atoms with Crippen LogP contribution in [0.15, 0.2) is 47.5 Å². The molecule has 3 aromatic rings. The maximum absolute atomic E-state index is 13.8. The van der Waals surface area contributed by atoms with Gasteiger partial charge in [0.05, 0.1) is 30.7 Å². The smallest absolute Gasteiger partial charge is 0.247 e. The Labute approximate surface area is 209 Å². The molecule has 1 aliphatic rings. The fraction of sp³-hybridized carbons (Fsp3) is 0.385. The van der Waals surface area contributed by atoms with Crippen molar-refractivity contribution in [2.45, 2.75) is 24.4 Å². The lowest BCUT2D eigenvalue weighted by atomic mass is 10.0. The lowest BCUT2D eigenvalue weighted by Gasteiger charge is -2.31. The third kappa shape index (κ3) is 4.83. The number of benzene rings is 2. The number of fused-ring (bicyclic) bond motifs is 3. The van der Waals surface area contributed by atoms with Crippen molar-refractivity contribution >= 4 is 40.2 Å². The predicted octanol–water partition coefficient (Wildman–Crippen LogP) is 3.92. The van der Waals surface area contributed by atoms with Crippen LogP contribution in [-0.2, 0) is 21.4 Å². The van der Waals surface area contributed by atoms with Gasteiger partial charge in [0, 0.05) is 49.3 Å². The summed E-state index contributed by atoms with van der Waals surface area (Å²) in [5, 5.41) is 4.88. The van der Waals surface area contributed by atoms with E-state index in [0.717, 1.165) is 21.5 Å². The molecule has 0 unspecified atom stereocenters. The molecule has 2 amide bonds. The van der Waals surface area contributed by atoms with Gasteiger partial charge in [0.15, 0.2) is 0 Å². The summed E-state index contributed by atoms with van der Waals surface area (Å²) < 4.78 is 18.5. The second-order valence-corrected chi connectivity index (χ2v) is 9.09. The van der Waals surface area contributed by atoms with Gasteiger partial charge in [-0.25, -0.2) is 0 Å². The summed E-state index contributed by atoms with van der Waals surface area (Å²) in [6.07, 6.45) is 0.680. The Morgan fingerprint density at radius 1 is 1.17 bits per heavy atom. The largest absolute Gasteiger partial charge is 0.497 e. The fourth-order valence-electron chi connectivity index (χ4n) is 4.44. The molecule has 1 N–H and O–H groups in total. The van der Waals surface area contributed by atoms with Crippen LogP contribution in [0.1, 0.15) is 24.9 Å². The van der Waals surface area contributed by atoms with Crippen molar-refractivity contribution < 1.29 is 23.8 Å². The molecular formula is C26H31N3O5S. The van der Waals surface area contributed by atoms with Crippen LogP contribution < -0.4 is 19.7 Å². The van der Waals surface area contributed by atoms with Gasteiger partial charge in [-0.1, -0.05) is 30.0 Å². The standard InChI is InChI=1S/C26H31N3O5S/c1-5-34-14-8-13-27-25(31)24-23-18-9-6-7-10-19(18)28(2)26(23)35-16-22(30)29(24)20-15-17(32-3)11-12-21(20)33-4/h6-7,9-12,15,24H,5,8,13-14,16H2,1-4H3,(H,27,31)/t24-/m0/s1. The van der Waals surface area contributed by atoms with E-state index in [9.17, 15) is 9.59 Å². The Kier molecular flexibility index (Phi) is 7.87. The number of hydrogen-bond donors (Lipinski definition) is 1. The Balaban J connectivity index is 1.87. The van der Waals surface area contributed by atoms with Gasteiger partial charge >= 0.3 is 0 Å². The van der Waals surface area contributed by atoms with Crippen LogP contribution in [0.3, 0.4) is 0 Å². The van der Waals surface area contributed by atoms with Crippen LogP contribution in [0.25, 0.3) is 10.9 Å². The molecule has 9 heteroatoms. The van der Waals surface area contributed by atoms with Crippen molar-refractivity contribution in [2.24, 2.45) is 7.05 Å². The molecule has 0 saturated heterocycles.